The van der Waals surface area contributed by atoms with Crippen molar-refractivity contribution in [3.63, 3.8) is 0 Å². The maximum atomic E-state index is 5.93. The molecule has 0 saturated carbocycles. The first kappa shape index (κ1) is 14.6. The average Bonchev–Trinajstić information content (AvgIpc) is 3.07. The molecule has 23 heavy (non-hydrogen) atoms. The van der Waals surface area contributed by atoms with Gasteiger partial charge in [0.1, 0.15) is 11.6 Å². The van der Waals surface area contributed by atoms with Crippen molar-refractivity contribution in [1.29, 1.82) is 0 Å². The summed E-state index contributed by atoms with van der Waals surface area (Å²) < 4.78 is 7.87. The first-order chi connectivity index (χ1) is 11.3. The molecule has 0 N–H and O–H groups in total. The molecule has 1 fully saturated rings. The summed E-state index contributed by atoms with van der Waals surface area (Å²) in [5, 5.41) is 4.28. The summed E-state index contributed by atoms with van der Waals surface area (Å²) in [7, 11) is 0. The van der Waals surface area contributed by atoms with Gasteiger partial charge in [0.25, 0.3) is 0 Å². The summed E-state index contributed by atoms with van der Waals surface area (Å²) in [5.41, 5.74) is 2.62. The maximum absolute atomic E-state index is 5.93. The molecule has 1 unspecified atom stereocenters. The van der Waals surface area contributed by atoms with Gasteiger partial charge >= 0.3 is 0 Å². The number of hydrogen-bond donors (Lipinski definition) is 0. The van der Waals surface area contributed by atoms with Crippen molar-refractivity contribution in [2.24, 2.45) is 0 Å². The Morgan fingerprint density at radius 1 is 1.26 bits per heavy atom. The van der Waals surface area contributed by atoms with Crippen molar-refractivity contribution in [3.05, 3.63) is 35.5 Å². The standard InChI is InChI=1S/C17H23N5O/c1-13-19-16-6-3-2-5-15(16)17(20-13)21-9-10-23-14(11-21)12-22-8-4-7-18-22/h4,7-8,14H,2-3,5-6,9-12H2,1H3. The van der Waals surface area contributed by atoms with Crippen LogP contribution in [-0.2, 0) is 24.1 Å². The minimum absolute atomic E-state index is 0.151. The van der Waals surface area contributed by atoms with Gasteiger partial charge in [-0.2, -0.15) is 5.10 Å². The Morgan fingerprint density at radius 2 is 2.17 bits per heavy atom. The summed E-state index contributed by atoms with van der Waals surface area (Å²) in [6, 6.07) is 1.95. The highest BCUT2D eigenvalue weighted by molar-refractivity contribution is 5.50. The van der Waals surface area contributed by atoms with E-state index in [-0.39, 0.29) is 6.10 Å². The van der Waals surface area contributed by atoms with Gasteiger partial charge in [-0.25, -0.2) is 9.97 Å². The van der Waals surface area contributed by atoms with Gasteiger partial charge in [0.15, 0.2) is 0 Å². The van der Waals surface area contributed by atoms with E-state index in [2.05, 4.69) is 15.0 Å². The van der Waals surface area contributed by atoms with Gasteiger partial charge in [0.2, 0.25) is 0 Å². The monoisotopic (exact) mass is 313 g/mol. The molecule has 0 spiro atoms. The van der Waals surface area contributed by atoms with Crippen molar-refractivity contribution < 1.29 is 4.74 Å². The molecular weight excluding hydrogens is 290 g/mol. The van der Waals surface area contributed by atoms with E-state index < -0.39 is 0 Å². The largest absolute Gasteiger partial charge is 0.373 e. The Hall–Kier alpha value is -1.95. The SMILES string of the molecule is Cc1nc2c(c(N3CCOC(Cn4cccn4)C3)n1)CCCC2. The van der Waals surface area contributed by atoms with Crippen LogP contribution in [0.5, 0.6) is 0 Å². The Labute approximate surface area is 136 Å². The fourth-order valence-corrected chi connectivity index (χ4v) is 3.60. The number of aryl methyl sites for hydroxylation is 2. The summed E-state index contributed by atoms with van der Waals surface area (Å²) in [4.78, 5) is 11.8. The molecule has 1 atom stereocenters. The Kier molecular flexibility index (Phi) is 3.99. The molecule has 1 aliphatic carbocycles. The van der Waals surface area contributed by atoms with Crippen LogP contribution in [0.15, 0.2) is 18.5 Å². The van der Waals surface area contributed by atoms with Crippen LogP contribution in [0.2, 0.25) is 0 Å². The fourth-order valence-electron chi connectivity index (χ4n) is 3.60. The summed E-state index contributed by atoms with van der Waals surface area (Å²) in [6.45, 7) is 5.29. The highest BCUT2D eigenvalue weighted by Crippen LogP contribution is 2.29. The zero-order valence-electron chi connectivity index (χ0n) is 13.6. The number of anilines is 1. The van der Waals surface area contributed by atoms with Gasteiger partial charge in [0.05, 0.1) is 19.3 Å². The quantitative estimate of drug-likeness (QED) is 0.864. The topological polar surface area (TPSA) is 56.1 Å². The van der Waals surface area contributed by atoms with Gasteiger partial charge in [-0.05, 0) is 38.7 Å². The lowest BCUT2D eigenvalue weighted by Gasteiger charge is -2.35. The number of nitrogens with zero attached hydrogens (tertiary/aromatic N) is 5. The van der Waals surface area contributed by atoms with Crippen LogP contribution in [0.3, 0.4) is 0 Å². The smallest absolute Gasteiger partial charge is 0.135 e. The zero-order valence-corrected chi connectivity index (χ0v) is 13.6. The Morgan fingerprint density at radius 3 is 3.04 bits per heavy atom. The molecule has 122 valence electrons. The van der Waals surface area contributed by atoms with Crippen LogP contribution in [0.25, 0.3) is 0 Å². The third-order valence-corrected chi connectivity index (χ3v) is 4.66. The third-order valence-electron chi connectivity index (χ3n) is 4.66. The third kappa shape index (κ3) is 3.08. The molecule has 0 radical (unpaired) electrons. The normalized spacial score (nSPS) is 21.3. The highest BCUT2D eigenvalue weighted by atomic mass is 16.5. The lowest BCUT2D eigenvalue weighted by molar-refractivity contribution is 0.0271. The van der Waals surface area contributed by atoms with Crippen molar-refractivity contribution in [2.45, 2.75) is 45.3 Å². The molecule has 0 amide bonds. The van der Waals surface area contributed by atoms with E-state index in [1.165, 1.54) is 24.1 Å². The number of rotatable bonds is 3. The van der Waals surface area contributed by atoms with Gasteiger partial charge in [-0.1, -0.05) is 0 Å². The van der Waals surface area contributed by atoms with Crippen LogP contribution < -0.4 is 4.90 Å². The number of ether oxygens (including phenoxy) is 1. The molecule has 0 bridgehead atoms. The number of aromatic nitrogens is 4. The molecule has 2 aromatic rings. The second-order valence-electron chi connectivity index (χ2n) is 6.39. The van der Waals surface area contributed by atoms with Crippen molar-refractivity contribution in [1.82, 2.24) is 19.7 Å². The van der Waals surface area contributed by atoms with Crippen LogP contribution >= 0.6 is 0 Å². The van der Waals surface area contributed by atoms with Crippen LogP contribution in [0.4, 0.5) is 5.82 Å². The van der Waals surface area contributed by atoms with E-state index in [9.17, 15) is 0 Å². The summed E-state index contributed by atoms with van der Waals surface area (Å²) in [6.07, 6.45) is 8.63. The van der Waals surface area contributed by atoms with E-state index in [1.807, 2.05) is 30.1 Å². The lowest BCUT2D eigenvalue weighted by atomic mass is 9.96. The van der Waals surface area contributed by atoms with Crippen LogP contribution in [0, 0.1) is 6.92 Å². The first-order valence-corrected chi connectivity index (χ1v) is 8.50. The first-order valence-electron chi connectivity index (χ1n) is 8.50. The van der Waals surface area contributed by atoms with Crippen molar-refractivity contribution in [2.75, 3.05) is 24.6 Å². The molecule has 2 aromatic heterocycles. The van der Waals surface area contributed by atoms with Gasteiger partial charge in [0, 0.05) is 36.7 Å². The molecule has 6 nitrogen and oxygen atoms in total. The number of fused-ring (bicyclic) bond motifs is 1. The molecule has 6 heteroatoms. The predicted octanol–water partition coefficient (Wildman–Crippen LogP) is 1.77. The summed E-state index contributed by atoms with van der Waals surface area (Å²) in [5.74, 6) is 2.02. The second-order valence-corrected chi connectivity index (χ2v) is 6.39. The summed E-state index contributed by atoms with van der Waals surface area (Å²) >= 11 is 0. The van der Waals surface area contributed by atoms with Gasteiger partial charge < -0.3 is 9.64 Å². The Balaban J connectivity index is 1.56. The van der Waals surface area contributed by atoms with E-state index in [4.69, 9.17) is 9.72 Å². The highest BCUT2D eigenvalue weighted by Gasteiger charge is 2.26. The molecule has 1 aliphatic heterocycles. The van der Waals surface area contributed by atoms with Gasteiger partial charge in [-0.15, -0.1) is 0 Å². The minimum Gasteiger partial charge on any atom is -0.373 e. The molecule has 3 heterocycles. The number of morpholine rings is 1. The lowest BCUT2D eigenvalue weighted by Crippen LogP contribution is -2.45. The van der Waals surface area contributed by atoms with E-state index >= 15 is 0 Å². The minimum atomic E-state index is 0.151. The predicted molar refractivity (Wildman–Crippen MR) is 87.6 cm³/mol. The Bertz CT molecular complexity index is 670. The van der Waals surface area contributed by atoms with Gasteiger partial charge in [-0.3, -0.25) is 4.68 Å². The van der Waals surface area contributed by atoms with Crippen molar-refractivity contribution >= 4 is 5.82 Å². The van der Waals surface area contributed by atoms with E-state index in [0.717, 1.165) is 50.7 Å². The van der Waals surface area contributed by atoms with Crippen molar-refractivity contribution in [3.8, 4) is 0 Å². The molecule has 0 aromatic carbocycles. The van der Waals surface area contributed by atoms with E-state index in [1.54, 1.807) is 0 Å². The van der Waals surface area contributed by atoms with Crippen LogP contribution in [-0.4, -0.2) is 45.5 Å². The van der Waals surface area contributed by atoms with E-state index in [0.29, 0.717) is 0 Å². The zero-order chi connectivity index (χ0) is 15.6. The molecular formula is C17H23N5O. The average molecular weight is 313 g/mol. The maximum Gasteiger partial charge on any atom is 0.135 e. The molecule has 4 rings (SSSR count). The fraction of sp³-hybridized carbons (Fsp3) is 0.588. The molecule has 2 aliphatic rings. The number of hydrogen-bond acceptors (Lipinski definition) is 5. The van der Waals surface area contributed by atoms with Crippen LogP contribution in [0.1, 0.15) is 29.9 Å². The second kappa shape index (κ2) is 6.28. The molecule has 1 saturated heterocycles.